The summed E-state index contributed by atoms with van der Waals surface area (Å²) in [5.74, 6) is 0.838. The van der Waals surface area contributed by atoms with Crippen LogP contribution in [-0.4, -0.2) is 13.1 Å². The number of hydrogen-bond donors (Lipinski definition) is 1. The zero-order valence-electron chi connectivity index (χ0n) is 13.0. The summed E-state index contributed by atoms with van der Waals surface area (Å²) in [4.78, 5) is 1.40. The number of nitrogens with zero attached hydrogens (tertiary/aromatic N) is 1. The molecule has 0 saturated carbocycles. The maximum absolute atomic E-state index is 9.29. The highest BCUT2D eigenvalue weighted by atomic mass is 35.5. The number of benzene rings is 2. The van der Waals surface area contributed by atoms with Gasteiger partial charge in [-0.15, -0.1) is 23.7 Å². The minimum Gasteiger partial charge on any atom is -0.484 e. The van der Waals surface area contributed by atoms with Gasteiger partial charge in [-0.2, -0.15) is 5.26 Å². The van der Waals surface area contributed by atoms with Gasteiger partial charge in [0.1, 0.15) is 11.9 Å². The van der Waals surface area contributed by atoms with Crippen molar-refractivity contribution in [2.75, 3.05) is 13.1 Å². The van der Waals surface area contributed by atoms with Crippen LogP contribution in [0.5, 0.6) is 5.75 Å². The molecule has 0 saturated heterocycles. The molecule has 1 N–H and O–H groups in total. The van der Waals surface area contributed by atoms with E-state index >= 15 is 0 Å². The van der Waals surface area contributed by atoms with Crippen LogP contribution < -0.4 is 10.1 Å². The third kappa shape index (κ3) is 2.99. The van der Waals surface area contributed by atoms with Crippen LogP contribution in [0.25, 0.3) is 10.8 Å². The van der Waals surface area contributed by atoms with Crippen LogP contribution >= 0.6 is 23.7 Å². The van der Waals surface area contributed by atoms with Gasteiger partial charge in [-0.1, -0.05) is 24.3 Å². The summed E-state index contributed by atoms with van der Waals surface area (Å²) < 4.78 is 6.37. The molecule has 122 valence electrons. The SMILES string of the molecule is Cl.N#Cc1ccc(OC2CNCCc3sccc32)c2ccccc12. The van der Waals surface area contributed by atoms with Crippen molar-refractivity contribution in [3.8, 4) is 11.8 Å². The Balaban J connectivity index is 0.00000169. The van der Waals surface area contributed by atoms with Crippen molar-refractivity contribution in [1.82, 2.24) is 5.32 Å². The summed E-state index contributed by atoms with van der Waals surface area (Å²) in [5, 5.41) is 16.8. The Labute approximate surface area is 151 Å². The lowest BCUT2D eigenvalue weighted by Crippen LogP contribution is -2.23. The van der Waals surface area contributed by atoms with Crippen LogP contribution in [0.4, 0.5) is 0 Å². The molecule has 1 unspecified atom stereocenters. The van der Waals surface area contributed by atoms with E-state index in [9.17, 15) is 5.26 Å². The standard InChI is InChI=1S/C19H16N2OS.ClH/c20-11-13-5-6-17(15-4-2-1-3-14(13)15)22-18-12-21-9-7-19-16(18)8-10-23-19;/h1-6,8,10,18,21H,7,9,12H2;1H. The third-order valence-electron chi connectivity index (χ3n) is 4.26. The number of nitrogens with one attached hydrogen (secondary N) is 1. The summed E-state index contributed by atoms with van der Waals surface area (Å²) in [7, 11) is 0. The van der Waals surface area contributed by atoms with Gasteiger partial charge in [0, 0.05) is 34.3 Å². The van der Waals surface area contributed by atoms with Crippen molar-refractivity contribution in [3.63, 3.8) is 0 Å². The average Bonchev–Trinajstić information content (AvgIpc) is 2.98. The first kappa shape index (κ1) is 16.8. The van der Waals surface area contributed by atoms with E-state index in [-0.39, 0.29) is 18.5 Å². The van der Waals surface area contributed by atoms with Crippen LogP contribution in [0.1, 0.15) is 22.1 Å². The van der Waals surface area contributed by atoms with Crippen LogP contribution in [0.2, 0.25) is 0 Å². The molecule has 1 aliphatic heterocycles. The average molecular weight is 357 g/mol. The molecule has 1 aliphatic rings. The smallest absolute Gasteiger partial charge is 0.137 e. The molecular formula is C19H17ClN2OS. The normalized spacial score (nSPS) is 16.5. The van der Waals surface area contributed by atoms with Gasteiger partial charge in [0.25, 0.3) is 0 Å². The number of halogens is 1. The van der Waals surface area contributed by atoms with E-state index < -0.39 is 0 Å². The zero-order chi connectivity index (χ0) is 15.6. The summed E-state index contributed by atoms with van der Waals surface area (Å²) in [6.07, 6.45) is 1.07. The van der Waals surface area contributed by atoms with Crippen molar-refractivity contribution in [2.45, 2.75) is 12.5 Å². The molecule has 5 heteroatoms. The fourth-order valence-corrected chi connectivity index (χ4v) is 4.05. The number of nitriles is 1. The Morgan fingerprint density at radius 3 is 2.79 bits per heavy atom. The molecule has 0 bridgehead atoms. The lowest BCUT2D eigenvalue weighted by atomic mass is 10.0. The first-order valence-corrected chi connectivity index (χ1v) is 8.60. The molecule has 1 aromatic heterocycles. The second kappa shape index (κ2) is 7.23. The number of hydrogen-bond acceptors (Lipinski definition) is 4. The largest absolute Gasteiger partial charge is 0.484 e. The Morgan fingerprint density at radius 1 is 1.12 bits per heavy atom. The van der Waals surface area contributed by atoms with Gasteiger partial charge < -0.3 is 10.1 Å². The van der Waals surface area contributed by atoms with Crippen LogP contribution in [-0.2, 0) is 6.42 Å². The first-order valence-electron chi connectivity index (χ1n) is 7.72. The van der Waals surface area contributed by atoms with E-state index in [1.54, 1.807) is 11.3 Å². The van der Waals surface area contributed by atoms with Gasteiger partial charge in [-0.25, -0.2) is 0 Å². The molecule has 3 nitrogen and oxygen atoms in total. The van der Waals surface area contributed by atoms with E-state index in [4.69, 9.17) is 4.74 Å². The topological polar surface area (TPSA) is 45.0 Å². The molecule has 0 radical (unpaired) electrons. The molecule has 0 spiro atoms. The van der Waals surface area contributed by atoms with Crippen molar-refractivity contribution in [2.24, 2.45) is 0 Å². The fourth-order valence-electron chi connectivity index (χ4n) is 3.12. The van der Waals surface area contributed by atoms with E-state index in [1.807, 2.05) is 36.4 Å². The second-order valence-corrected chi connectivity index (χ2v) is 6.63. The maximum atomic E-state index is 9.29. The number of thiophene rings is 1. The Hall–Kier alpha value is -2.06. The molecule has 0 amide bonds. The molecule has 2 aromatic carbocycles. The Bertz CT molecular complexity index is 900. The number of ether oxygens (including phenoxy) is 1. The predicted octanol–water partition coefficient (Wildman–Crippen LogP) is 4.46. The first-order chi connectivity index (χ1) is 11.4. The molecule has 2 heterocycles. The molecule has 0 fully saturated rings. The minimum atomic E-state index is 0. The Morgan fingerprint density at radius 2 is 1.96 bits per heavy atom. The Kier molecular flexibility index (Phi) is 5.06. The van der Waals surface area contributed by atoms with Gasteiger partial charge in [-0.05, 0) is 30.0 Å². The highest BCUT2D eigenvalue weighted by Crippen LogP contribution is 2.34. The highest BCUT2D eigenvalue weighted by Gasteiger charge is 2.22. The molecule has 3 aromatic rings. The summed E-state index contributed by atoms with van der Waals surface area (Å²) in [6.45, 7) is 1.79. The van der Waals surface area contributed by atoms with Gasteiger partial charge in [0.05, 0.1) is 11.6 Å². The molecule has 24 heavy (non-hydrogen) atoms. The van der Waals surface area contributed by atoms with Gasteiger partial charge in [0.2, 0.25) is 0 Å². The van der Waals surface area contributed by atoms with Crippen LogP contribution in [0.15, 0.2) is 47.8 Å². The summed E-state index contributed by atoms with van der Waals surface area (Å²) >= 11 is 1.80. The van der Waals surface area contributed by atoms with Crippen LogP contribution in [0, 0.1) is 11.3 Å². The fraction of sp³-hybridized carbons (Fsp3) is 0.211. The molecule has 4 rings (SSSR count). The lowest BCUT2D eigenvalue weighted by Gasteiger charge is -2.19. The van der Waals surface area contributed by atoms with Crippen LogP contribution in [0.3, 0.4) is 0 Å². The van der Waals surface area contributed by atoms with Crippen molar-refractivity contribution < 1.29 is 4.74 Å². The monoisotopic (exact) mass is 356 g/mol. The van der Waals surface area contributed by atoms with E-state index in [0.29, 0.717) is 5.56 Å². The van der Waals surface area contributed by atoms with Gasteiger partial charge in [-0.3, -0.25) is 0 Å². The summed E-state index contributed by atoms with van der Waals surface area (Å²) in [6, 6.07) is 16.1. The van der Waals surface area contributed by atoms with E-state index in [2.05, 4.69) is 22.8 Å². The maximum Gasteiger partial charge on any atom is 0.137 e. The third-order valence-corrected chi connectivity index (χ3v) is 5.26. The molecular weight excluding hydrogens is 340 g/mol. The molecule has 1 atom stereocenters. The van der Waals surface area contributed by atoms with Gasteiger partial charge >= 0.3 is 0 Å². The minimum absolute atomic E-state index is 0. The number of rotatable bonds is 2. The summed E-state index contributed by atoms with van der Waals surface area (Å²) in [5.41, 5.74) is 1.97. The highest BCUT2D eigenvalue weighted by molar-refractivity contribution is 7.10. The van der Waals surface area contributed by atoms with E-state index in [0.717, 1.165) is 36.0 Å². The van der Waals surface area contributed by atoms with Crippen molar-refractivity contribution >= 4 is 34.5 Å². The van der Waals surface area contributed by atoms with Crippen molar-refractivity contribution in [3.05, 3.63) is 63.8 Å². The van der Waals surface area contributed by atoms with Gasteiger partial charge in [0.15, 0.2) is 0 Å². The quantitative estimate of drug-likeness (QED) is 0.737. The zero-order valence-corrected chi connectivity index (χ0v) is 14.6. The number of fused-ring (bicyclic) bond motifs is 2. The lowest BCUT2D eigenvalue weighted by molar-refractivity contribution is 0.208. The predicted molar refractivity (Wildman–Crippen MR) is 100 cm³/mol. The second-order valence-electron chi connectivity index (χ2n) is 5.63. The van der Waals surface area contributed by atoms with Crippen molar-refractivity contribution in [1.29, 1.82) is 5.26 Å². The molecule has 0 aliphatic carbocycles. The van der Waals surface area contributed by atoms with E-state index in [1.165, 1.54) is 10.4 Å².